The molecular formula is C22H33N5O2. The second-order valence-corrected chi connectivity index (χ2v) is 8.81. The van der Waals surface area contributed by atoms with Crippen LogP contribution in [0.2, 0.25) is 0 Å². The number of likely N-dealkylation sites (tertiary alicyclic amines) is 1. The smallest absolute Gasteiger partial charge is 0.235 e. The number of aromatic nitrogens is 2. The molecule has 1 saturated carbocycles. The summed E-state index contributed by atoms with van der Waals surface area (Å²) < 4.78 is 0. The van der Waals surface area contributed by atoms with E-state index in [2.05, 4.69) is 19.8 Å². The van der Waals surface area contributed by atoms with Crippen LogP contribution < -0.4 is 4.90 Å². The fourth-order valence-corrected chi connectivity index (χ4v) is 5.11. The molecule has 2 saturated heterocycles. The molecule has 3 heterocycles. The molecule has 158 valence electrons. The van der Waals surface area contributed by atoms with Gasteiger partial charge in [0.05, 0.1) is 5.41 Å². The van der Waals surface area contributed by atoms with Crippen molar-refractivity contribution in [2.75, 3.05) is 44.2 Å². The van der Waals surface area contributed by atoms with Crippen molar-refractivity contribution in [3.63, 3.8) is 0 Å². The van der Waals surface area contributed by atoms with Crippen LogP contribution in [0.1, 0.15) is 57.8 Å². The second-order valence-electron chi connectivity index (χ2n) is 8.81. The van der Waals surface area contributed by atoms with Gasteiger partial charge in [-0.25, -0.2) is 9.97 Å². The van der Waals surface area contributed by atoms with Gasteiger partial charge in [-0.2, -0.15) is 0 Å². The Bertz CT molecular complexity index is 694. The molecule has 29 heavy (non-hydrogen) atoms. The summed E-state index contributed by atoms with van der Waals surface area (Å²) in [5.41, 5.74) is -0.358. The zero-order valence-electron chi connectivity index (χ0n) is 17.4. The summed E-state index contributed by atoms with van der Waals surface area (Å²) in [6.07, 6.45) is 12.3. The minimum absolute atomic E-state index is 0.0633. The Morgan fingerprint density at radius 1 is 0.862 bits per heavy atom. The standard InChI is InChI=1S/C22H33N5O2/c28-19-18-22(8-3-1-2-4-9-22)20(29)27(19)13-6-5-12-25-14-16-26(17-15-25)21-23-10-7-11-24-21/h7,10-11H,1-6,8-9,12-18H2. The Kier molecular flexibility index (Phi) is 6.43. The molecule has 0 atom stereocenters. The molecule has 3 fully saturated rings. The first-order chi connectivity index (χ1) is 14.2. The third-order valence-corrected chi connectivity index (χ3v) is 6.86. The van der Waals surface area contributed by atoms with E-state index in [9.17, 15) is 9.59 Å². The van der Waals surface area contributed by atoms with Crippen LogP contribution in [-0.4, -0.2) is 70.9 Å². The van der Waals surface area contributed by atoms with E-state index in [4.69, 9.17) is 0 Å². The largest absolute Gasteiger partial charge is 0.338 e. The first-order valence-corrected chi connectivity index (χ1v) is 11.3. The zero-order valence-corrected chi connectivity index (χ0v) is 17.4. The number of amides is 2. The molecule has 0 aromatic carbocycles. The SMILES string of the molecule is O=C1CC2(CCCCCC2)C(=O)N1CCCCN1CCN(c2ncccn2)CC1. The Morgan fingerprint density at radius 2 is 1.52 bits per heavy atom. The monoisotopic (exact) mass is 399 g/mol. The number of nitrogens with zero attached hydrogens (tertiary/aromatic N) is 5. The van der Waals surface area contributed by atoms with Gasteiger partial charge in [0.2, 0.25) is 17.8 Å². The summed E-state index contributed by atoms with van der Waals surface area (Å²) >= 11 is 0. The van der Waals surface area contributed by atoms with Crippen LogP contribution in [0.3, 0.4) is 0 Å². The fraction of sp³-hybridized carbons (Fsp3) is 0.727. The van der Waals surface area contributed by atoms with E-state index in [1.807, 2.05) is 6.07 Å². The lowest BCUT2D eigenvalue weighted by molar-refractivity contribution is -0.141. The van der Waals surface area contributed by atoms with Crippen LogP contribution in [0.4, 0.5) is 5.95 Å². The van der Waals surface area contributed by atoms with Gasteiger partial charge in [0.25, 0.3) is 0 Å². The van der Waals surface area contributed by atoms with E-state index in [1.54, 1.807) is 17.3 Å². The molecule has 0 bridgehead atoms. The number of carbonyl (C=O) groups is 2. The summed E-state index contributed by atoms with van der Waals surface area (Å²) in [5, 5.41) is 0. The molecule has 4 rings (SSSR count). The topological polar surface area (TPSA) is 69.6 Å². The second kappa shape index (κ2) is 9.20. The highest BCUT2D eigenvalue weighted by Gasteiger charge is 2.50. The average Bonchev–Trinajstić information content (AvgIpc) is 2.91. The maximum Gasteiger partial charge on any atom is 0.235 e. The van der Waals surface area contributed by atoms with E-state index in [1.165, 1.54) is 12.8 Å². The summed E-state index contributed by atoms with van der Waals surface area (Å²) in [6.45, 7) is 5.50. The van der Waals surface area contributed by atoms with Crippen molar-refractivity contribution < 1.29 is 9.59 Å². The van der Waals surface area contributed by atoms with Crippen LogP contribution >= 0.6 is 0 Å². The molecule has 1 spiro atoms. The predicted octanol–water partition coefficient (Wildman–Crippen LogP) is 2.48. The van der Waals surface area contributed by atoms with Gasteiger partial charge in [-0.3, -0.25) is 19.4 Å². The number of carbonyl (C=O) groups excluding carboxylic acids is 2. The maximum atomic E-state index is 13.0. The van der Waals surface area contributed by atoms with E-state index >= 15 is 0 Å². The number of imide groups is 1. The minimum atomic E-state index is -0.358. The Morgan fingerprint density at radius 3 is 2.21 bits per heavy atom. The zero-order chi connectivity index (χ0) is 20.1. The van der Waals surface area contributed by atoms with Crippen molar-refractivity contribution in [1.29, 1.82) is 0 Å². The molecule has 1 aliphatic carbocycles. The van der Waals surface area contributed by atoms with Gasteiger partial charge in [-0.15, -0.1) is 0 Å². The molecule has 0 N–H and O–H groups in total. The van der Waals surface area contributed by atoms with E-state index in [0.717, 1.165) is 77.2 Å². The highest BCUT2D eigenvalue weighted by molar-refractivity contribution is 6.05. The third-order valence-electron chi connectivity index (χ3n) is 6.86. The van der Waals surface area contributed by atoms with Gasteiger partial charge in [0.1, 0.15) is 0 Å². The molecule has 2 amide bonds. The molecule has 2 aliphatic heterocycles. The summed E-state index contributed by atoms with van der Waals surface area (Å²) in [7, 11) is 0. The molecule has 7 nitrogen and oxygen atoms in total. The van der Waals surface area contributed by atoms with Gasteiger partial charge >= 0.3 is 0 Å². The first kappa shape index (κ1) is 20.3. The number of rotatable bonds is 6. The number of anilines is 1. The van der Waals surface area contributed by atoms with Crippen molar-refractivity contribution >= 4 is 17.8 Å². The average molecular weight is 400 g/mol. The third kappa shape index (κ3) is 4.60. The summed E-state index contributed by atoms with van der Waals surface area (Å²) in [6, 6.07) is 1.84. The van der Waals surface area contributed by atoms with Gasteiger partial charge < -0.3 is 4.90 Å². The van der Waals surface area contributed by atoms with E-state index < -0.39 is 0 Å². The molecule has 0 radical (unpaired) electrons. The fourth-order valence-electron chi connectivity index (χ4n) is 5.11. The lowest BCUT2D eigenvalue weighted by atomic mass is 9.79. The predicted molar refractivity (Wildman–Crippen MR) is 111 cm³/mol. The first-order valence-electron chi connectivity index (χ1n) is 11.3. The van der Waals surface area contributed by atoms with Crippen molar-refractivity contribution in [3.8, 4) is 0 Å². The quantitative estimate of drug-likeness (QED) is 0.541. The minimum Gasteiger partial charge on any atom is -0.338 e. The molecule has 7 heteroatoms. The van der Waals surface area contributed by atoms with E-state index in [0.29, 0.717) is 13.0 Å². The number of piperazine rings is 1. The molecule has 3 aliphatic rings. The maximum absolute atomic E-state index is 13.0. The number of unbranched alkanes of at least 4 members (excludes halogenated alkanes) is 1. The Balaban J connectivity index is 1.18. The van der Waals surface area contributed by atoms with Gasteiger partial charge in [-0.05, 0) is 38.3 Å². The highest BCUT2D eigenvalue weighted by Crippen LogP contribution is 2.44. The molecular weight excluding hydrogens is 366 g/mol. The lowest BCUT2D eigenvalue weighted by Crippen LogP contribution is -2.47. The molecule has 1 aromatic rings. The highest BCUT2D eigenvalue weighted by atomic mass is 16.2. The van der Waals surface area contributed by atoms with Crippen molar-refractivity contribution in [3.05, 3.63) is 18.5 Å². The van der Waals surface area contributed by atoms with Gasteiger partial charge in [-0.1, -0.05) is 25.7 Å². The lowest BCUT2D eigenvalue weighted by Gasteiger charge is -2.34. The normalized spacial score (nSPS) is 23.0. The van der Waals surface area contributed by atoms with Gasteiger partial charge in [0.15, 0.2) is 0 Å². The van der Waals surface area contributed by atoms with Crippen LogP contribution in [0.15, 0.2) is 18.5 Å². The Hall–Kier alpha value is -2.02. The number of hydrogen-bond acceptors (Lipinski definition) is 6. The van der Waals surface area contributed by atoms with E-state index in [-0.39, 0.29) is 17.2 Å². The molecule has 0 unspecified atom stereocenters. The summed E-state index contributed by atoms with van der Waals surface area (Å²) in [5.74, 6) is 1.000. The van der Waals surface area contributed by atoms with Gasteiger partial charge in [0, 0.05) is 51.5 Å². The Labute approximate surface area is 173 Å². The van der Waals surface area contributed by atoms with Crippen LogP contribution in [0, 0.1) is 5.41 Å². The number of hydrogen-bond donors (Lipinski definition) is 0. The van der Waals surface area contributed by atoms with Crippen molar-refractivity contribution in [2.45, 2.75) is 57.8 Å². The van der Waals surface area contributed by atoms with Crippen LogP contribution in [-0.2, 0) is 9.59 Å². The van der Waals surface area contributed by atoms with Crippen LogP contribution in [0.25, 0.3) is 0 Å². The molecule has 1 aromatic heterocycles. The van der Waals surface area contributed by atoms with Crippen molar-refractivity contribution in [1.82, 2.24) is 19.8 Å². The van der Waals surface area contributed by atoms with Crippen LogP contribution in [0.5, 0.6) is 0 Å². The summed E-state index contributed by atoms with van der Waals surface area (Å²) in [4.78, 5) is 40.4. The van der Waals surface area contributed by atoms with Crippen molar-refractivity contribution in [2.24, 2.45) is 5.41 Å².